The van der Waals surface area contributed by atoms with Gasteiger partial charge in [-0.15, -0.1) is 0 Å². The Balaban J connectivity index is 1.83. The SMILES string of the molecule is COC1=CC2=CN(Cc3ccccc3)CCCC2C=C1OC. The van der Waals surface area contributed by atoms with Gasteiger partial charge in [-0.2, -0.15) is 0 Å². The van der Waals surface area contributed by atoms with Crippen LogP contribution < -0.4 is 0 Å². The first-order chi connectivity index (χ1) is 10.8. The van der Waals surface area contributed by atoms with Crippen LogP contribution in [0.5, 0.6) is 0 Å². The second-order valence-electron chi connectivity index (χ2n) is 5.78. The fraction of sp³-hybridized carbons (Fsp3) is 0.368. The second kappa shape index (κ2) is 6.73. The van der Waals surface area contributed by atoms with Gasteiger partial charge in [0, 0.05) is 25.2 Å². The predicted molar refractivity (Wildman–Crippen MR) is 87.8 cm³/mol. The topological polar surface area (TPSA) is 21.7 Å². The Morgan fingerprint density at radius 2 is 1.86 bits per heavy atom. The van der Waals surface area contributed by atoms with Gasteiger partial charge in [-0.1, -0.05) is 30.3 Å². The smallest absolute Gasteiger partial charge is 0.160 e. The van der Waals surface area contributed by atoms with Gasteiger partial charge in [-0.05, 0) is 36.1 Å². The number of hydrogen-bond donors (Lipinski definition) is 0. The van der Waals surface area contributed by atoms with Crippen LogP contribution in [-0.2, 0) is 16.0 Å². The number of methoxy groups -OCH3 is 2. The van der Waals surface area contributed by atoms with Gasteiger partial charge >= 0.3 is 0 Å². The molecule has 0 amide bonds. The molecule has 22 heavy (non-hydrogen) atoms. The molecule has 1 unspecified atom stereocenters. The zero-order valence-electron chi connectivity index (χ0n) is 13.3. The lowest BCUT2D eigenvalue weighted by Gasteiger charge is -2.22. The summed E-state index contributed by atoms with van der Waals surface area (Å²) in [6.07, 6.45) is 8.93. The van der Waals surface area contributed by atoms with Crippen LogP contribution in [0.15, 0.2) is 65.8 Å². The normalized spacial score (nSPS) is 21.1. The number of hydrogen-bond acceptors (Lipinski definition) is 3. The van der Waals surface area contributed by atoms with Crippen molar-refractivity contribution in [2.24, 2.45) is 5.92 Å². The number of fused-ring (bicyclic) bond motifs is 1. The Labute approximate surface area is 132 Å². The Bertz CT molecular complexity index is 601. The van der Waals surface area contributed by atoms with E-state index in [2.05, 4.69) is 53.6 Å². The molecule has 0 aromatic heterocycles. The third kappa shape index (κ3) is 3.19. The van der Waals surface area contributed by atoms with Crippen LogP contribution in [0.25, 0.3) is 0 Å². The van der Waals surface area contributed by atoms with E-state index in [1.807, 2.05) is 0 Å². The molecule has 3 rings (SSSR count). The molecule has 1 heterocycles. The molecule has 0 radical (unpaired) electrons. The summed E-state index contributed by atoms with van der Waals surface area (Å²) in [5.74, 6) is 2.09. The van der Waals surface area contributed by atoms with Crippen LogP contribution in [0.3, 0.4) is 0 Å². The molecular weight excluding hydrogens is 274 g/mol. The zero-order chi connectivity index (χ0) is 15.4. The highest BCUT2D eigenvalue weighted by molar-refractivity contribution is 5.40. The van der Waals surface area contributed by atoms with Gasteiger partial charge in [0.2, 0.25) is 0 Å². The molecule has 3 heteroatoms. The van der Waals surface area contributed by atoms with Crippen molar-refractivity contribution in [1.82, 2.24) is 4.90 Å². The Morgan fingerprint density at radius 3 is 2.59 bits per heavy atom. The minimum absolute atomic E-state index is 0.426. The van der Waals surface area contributed by atoms with Crippen molar-refractivity contribution < 1.29 is 9.47 Å². The molecule has 1 atom stereocenters. The molecule has 2 aliphatic rings. The summed E-state index contributed by atoms with van der Waals surface area (Å²) in [4.78, 5) is 2.40. The predicted octanol–water partition coefficient (Wildman–Crippen LogP) is 3.86. The molecule has 0 saturated heterocycles. The third-order valence-electron chi connectivity index (χ3n) is 4.28. The number of nitrogens with zero attached hydrogens (tertiary/aromatic N) is 1. The molecule has 116 valence electrons. The first-order valence-corrected chi connectivity index (χ1v) is 7.81. The number of ether oxygens (including phenoxy) is 2. The molecule has 1 aromatic rings. The van der Waals surface area contributed by atoms with E-state index in [0.29, 0.717) is 5.92 Å². The maximum Gasteiger partial charge on any atom is 0.160 e. The van der Waals surface area contributed by atoms with Gasteiger partial charge in [0.1, 0.15) is 0 Å². The van der Waals surface area contributed by atoms with Crippen molar-refractivity contribution in [1.29, 1.82) is 0 Å². The zero-order valence-corrected chi connectivity index (χ0v) is 13.3. The van der Waals surface area contributed by atoms with E-state index in [-0.39, 0.29) is 0 Å². The summed E-state index contributed by atoms with van der Waals surface area (Å²) < 4.78 is 10.9. The first-order valence-electron chi connectivity index (χ1n) is 7.81. The monoisotopic (exact) mass is 297 g/mol. The van der Waals surface area contributed by atoms with Gasteiger partial charge in [0.15, 0.2) is 11.5 Å². The summed E-state index contributed by atoms with van der Waals surface area (Å²) in [6, 6.07) is 10.6. The van der Waals surface area contributed by atoms with Crippen LogP contribution in [0.4, 0.5) is 0 Å². The van der Waals surface area contributed by atoms with E-state index in [9.17, 15) is 0 Å². The van der Waals surface area contributed by atoms with Crippen LogP contribution in [0, 0.1) is 5.92 Å². The lowest BCUT2D eigenvalue weighted by molar-refractivity contribution is 0.215. The molecule has 0 N–H and O–H groups in total. The molecule has 0 saturated carbocycles. The van der Waals surface area contributed by atoms with Crippen LogP contribution in [0.1, 0.15) is 18.4 Å². The summed E-state index contributed by atoms with van der Waals surface area (Å²) in [5.41, 5.74) is 2.66. The van der Waals surface area contributed by atoms with Gasteiger partial charge in [0.05, 0.1) is 14.2 Å². The Hall–Kier alpha value is -2.16. The van der Waals surface area contributed by atoms with Crippen molar-refractivity contribution in [3.63, 3.8) is 0 Å². The fourth-order valence-corrected chi connectivity index (χ4v) is 3.13. The summed E-state index contributed by atoms with van der Waals surface area (Å²) in [6.45, 7) is 2.04. The van der Waals surface area contributed by atoms with Gasteiger partial charge in [-0.25, -0.2) is 0 Å². The molecule has 0 spiro atoms. The average Bonchev–Trinajstić information content (AvgIpc) is 2.75. The summed E-state index contributed by atoms with van der Waals surface area (Å²) >= 11 is 0. The first kappa shape index (κ1) is 14.8. The molecule has 3 nitrogen and oxygen atoms in total. The van der Waals surface area contributed by atoms with E-state index in [0.717, 1.165) is 31.0 Å². The Kier molecular flexibility index (Phi) is 4.52. The summed E-state index contributed by atoms with van der Waals surface area (Å²) in [5, 5.41) is 0. The van der Waals surface area contributed by atoms with Crippen LogP contribution >= 0.6 is 0 Å². The van der Waals surface area contributed by atoms with E-state index in [1.54, 1.807) is 14.2 Å². The van der Waals surface area contributed by atoms with E-state index in [4.69, 9.17) is 9.47 Å². The molecular formula is C19H23NO2. The quantitative estimate of drug-likeness (QED) is 0.842. The number of rotatable bonds is 4. The maximum absolute atomic E-state index is 5.45. The second-order valence-corrected chi connectivity index (χ2v) is 5.78. The lowest BCUT2D eigenvalue weighted by Crippen LogP contribution is -2.17. The lowest BCUT2D eigenvalue weighted by atomic mass is 9.90. The van der Waals surface area contributed by atoms with Crippen LogP contribution in [0.2, 0.25) is 0 Å². The van der Waals surface area contributed by atoms with Crippen molar-refractivity contribution in [2.75, 3.05) is 20.8 Å². The van der Waals surface area contributed by atoms with Gasteiger partial charge < -0.3 is 14.4 Å². The van der Waals surface area contributed by atoms with Crippen molar-refractivity contribution in [2.45, 2.75) is 19.4 Å². The Morgan fingerprint density at radius 1 is 1.09 bits per heavy atom. The van der Waals surface area contributed by atoms with Gasteiger partial charge in [0.25, 0.3) is 0 Å². The highest BCUT2D eigenvalue weighted by Crippen LogP contribution is 2.33. The highest BCUT2D eigenvalue weighted by atomic mass is 16.5. The minimum Gasteiger partial charge on any atom is -0.493 e. The highest BCUT2D eigenvalue weighted by Gasteiger charge is 2.24. The fourth-order valence-electron chi connectivity index (χ4n) is 3.13. The molecule has 0 bridgehead atoms. The average molecular weight is 297 g/mol. The van der Waals surface area contributed by atoms with E-state index >= 15 is 0 Å². The van der Waals surface area contributed by atoms with Crippen molar-refractivity contribution >= 4 is 0 Å². The molecule has 1 aliphatic heterocycles. The number of benzene rings is 1. The standard InChI is InChI=1S/C19H23NO2/c1-21-18-11-16-9-6-10-20(13-15-7-4-3-5-8-15)14-17(16)12-19(18)22-2/h3-5,7-8,11-12,14,16H,6,9-10,13H2,1-2H3. The van der Waals surface area contributed by atoms with Crippen molar-refractivity contribution in [3.8, 4) is 0 Å². The largest absolute Gasteiger partial charge is 0.493 e. The summed E-state index contributed by atoms with van der Waals surface area (Å²) in [7, 11) is 3.39. The van der Waals surface area contributed by atoms with Crippen LogP contribution in [-0.4, -0.2) is 25.7 Å². The van der Waals surface area contributed by atoms with E-state index < -0.39 is 0 Å². The number of allylic oxidation sites excluding steroid dienone is 3. The molecule has 1 aromatic carbocycles. The minimum atomic E-state index is 0.426. The van der Waals surface area contributed by atoms with Gasteiger partial charge in [-0.3, -0.25) is 0 Å². The van der Waals surface area contributed by atoms with Crippen molar-refractivity contribution in [3.05, 3.63) is 71.3 Å². The molecule has 1 aliphatic carbocycles. The van der Waals surface area contributed by atoms with E-state index in [1.165, 1.54) is 17.6 Å². The third-order valence-corrected chi connectivity index (χ3v) is 4.28. The maximum atomic E-state index is 5.45. The molecule has 0 fully saturated rings.